The summed E-state index contributed by atoms with van der Waals surface area (Å²) in [4.78, 5) is 18.0. The van der Waals surface area contributed by atoms with Crippen LogP contribution in [0.25, 0.3) is 22.2 Å². The number of halogens is 6. The van der Waals surface area contributed by atoms with E-state index in [1.165, 1.54) is 30.5 Å². The number of amides is 1. The second kappa shape index (κ2) is 10.9. The number of primary sulfonamides is 1. The van der Waals surface area contributed by atoms with Crippen LogP contribution in [0.3, 0.4) is 0 Å². The van der Waals surface area contributed by atoms with Gasteiger partial charge in [0.1, 0.15) is 35.1 Å². The van der Waals surface area contributed by atoms with Crippen molar-refractivity contribution in [3.8, 4) is 11.1 Å². The Balaban J connectivity index is 1.30. The van der Waals surface area contributed by atoms with E-state index in [1.54, 1.807) is 6.07 Å². The molecule has 0 unspecified atom stereocenters. The monoisotopic (exact) mass is 675 g/mol. The standard InChI is InChI=1S/C30H23F6N7O3S/c31-15-5-13(6-16(32)8-15)7-22(39-24(44)12-43-28-25(27(42-43)29(33)34)19-9-20(19)30(28,35)36)26-18(10-21-23(40-26)11-38-41-21)14-1-3-17(4-2-14)47(37,45)46/h1-6,8,10-11,19-20,22,29H,7,9,12H2,(H,38,41)(H,39,44)(H2,37,45,46)/t19-,20+,22-/m0/s1. The number of aromatic amines is 1. The van der Waals surface area contributed by atoms with E-state index in [-0.39, 0.29) is 34.6 Å². The lowest BCUT2D eigenvalue weighted by Crippen LogP contribution is -2.35. The van der Waals surface area contributed by atoms with Crippen LogP contribution in [-0.4, -0.2) is 39.3 Å². The SMILES string of the molecule is NS(=O)(=O)c1ccc(-c2cc3[nH]ncc3nc2[C@H](Cc2cc(F)cc(F)c2)NC(=O)Cn2nc(C(F)F)c3c2C(F)(F)[C@@H]2C[C@H]32)cc1. The molecule has 5 aromatic rings. The van der Waals surface area contributed by atoms with Crippen LogP contribution in [0.2, 0.25) is 0 Å². The molecule has 3 heterocycles. The van der Waals surface area contributed by atoms with Gasteiger partial charge in [-0.05, 0) is 60.2 Å². The molecular formula is C30H23F6N7O3S. The number of rotatable bonds is 9. The van der Waals surface area contributed by atoms with Gasteiger partial charge in [-0.15, -0.1) is 0 Å². The lowest BCUT2D eigenvalue weighted by Gasteiger charge is -2.23. The highest BCUT2D eigenvalue weighted by atomic mass is 32.2. The van der Waals surface area contributed by atoms with Gasteiger partial charge < -0.3 is 5.32 Å². The highest BCUT2D eigenvalue weighted by molar-refractivity contribution is 7.89. The van der Waals surface area contributed by atoms with Crippen molar-refractivity contribution in [2.75, 3.05) is 0 Å². The lowest BCUT2D eigenvalue weighted by molar-refractivity contribution is -0.123. The average Bonchev–Trinajstić information content (AvgIpc) is 3.40. The number of aromatic nitrogens is 5. The highest BCUT2D eigenvalue weighted by Crippen LogP contribution is 2.68. The molecule has 1 saturated carbocycles. The Kier molecular flexibility index (Phi) is 7.16. The number of nitrogens with two attached hydrogens (primary N) is 1. The minimum absolute atomic E-state index is 0.0486. The predicted molar refractivity (Wildman–Crippen MR) is 154 cm³/mol. The minimum Gasteiger partial charge on any atom is -0.346 e. The van der Waals surface area contributed by atoms with E-state index in [9.17, 15) is 30.8 Å². The summed E-state index contributed by atoms with van der Waals surface area (Å²) in [7, 11) is -4.03. The van der Waals surface area contributed by atoms with E-state index in [0.717, 1.165) is 12.1 Å². The van der Waals surface area contributed by atoms with Crippen LogP contribution in [0.4, 0.5) is 26.3 Å². The van der Waals surface area contributed by atoms with Gasteiger partial charge in [0.05, 0.1) is 28.3 Å². The Morgan fingerprint density at radius 1 is 1.09 bits per heavy atom. The van der Waals surface area contributed by atoms with Gasteiger partial charge in [0.15, 0.2) is 0 Å². The van der Waals surface area contributed by atoms with Gasteiger partial charge in [0.25, 0.3) is 12.3 Å². The molecule has 1 fully saturated rings. The van der Waals surface area contributed by atoms with E-state index in [4.69, 9.17) is 5.14 Å². The number of H-pyrrole nitrogens is 1. The van der Waals surface area contributed by atoms with Crippen LogP contribution in [0.1, 0.15) is 53.0 Å². The number of nitrogens with zero attached hydrogens (tertiary/aromatic N) is 4. The molecule has 0 bridgehead atoms. The number of sulfonamides is 1. The van der Waals surface area contributed by atoms with E-state index in [0.29, 0.717) is 32.9 Å². The van der Waals surface area contributed by atoms with Crippen molar-refractivity contribution in [2.45, 2.75) is 48.6 Å². The van der Waals surface area contributed by atoms with E-state index < -0.39 is 75.7 Å². The van der Waals surface area contributed by atoms with Gasteiger partial charge in [-0.1, -0.05) is 12.1 Å². The van der Waals surface area contributed by atoms with Crippen molar-refractivity contribution in [2.24, 2.45) is 11.1 Å². The molecule has 2 aliphatic carbocycles. The van der Waals surface area contributed by atoms with Crippen molar-refractivity contribution in [3.63, 3.8) is 0 Å². The summed E-state index contributed by atoms with van der Waals surface area (Å²) in [5.74, 6) is -8.05. The second-order valence-corrected chi connectivity index (χ2v) is 13.1. The number of carbonyl (C=O) groups is 1. The quantitative estimate of drug-likeness (QED) is 0.188. The molecule has 244 valence electrons. The minimum atomic E-state index is -4.03. The number of fused-ring (bicyclic) bond motifs is 4. The molecule has 3 aromatic heterocycles. The number of hydrogen-bond acceptors (Lipinski definition) is 6. The van der Waals surface area contributed by atoms with Crippen LogP contribution in [0.15, 0.2) is 59.6 Å². The van der Waals surface area contributed by atoms with Crippen molar-refractivity contribution >= 4 is 27.0 Å². The van der Waals surface area contributed by atoms with Crippen molar-refractivity contribution in [1.29, 1.82) is 0 Å². The van der Waals surface area contributed by atoms with E-state index >= 15 is 8.78 Å². The Morgan fingerprint density at radius 2 is 1.79 bits per heavy atom. The van der Waals surface area contributed by atoms with Gasteiger partial charge in [0, 0.05) is 23.1 Å². The molecule has 3 atom stereocenters. The molecule has 10 nitrogen and oxygen atoms in total. The third-order valence-electron chi connectivity index (χ3n) is 8.43. The molecule has 1 amide bonds. The zero-order chi connectivity index (χ0) is 33.4. The predicted octanol–water partition coefficient (Wildman–Crippen LogP) is 4.99. The molecule has 4 N–H and O–H groups in total. The van der Waals surface area contributed by atoms with E-state index in [1.807, 2.05) is 0 Å². The molecular weight excluding hydrogens is 652 g/mol. The largest absolute Gasteiger partial charge is 0.346 e. The van der Waals surface area contributed by atoms with Crippen LogP contribution < -0.4 is 10.5 Å². The maximum absolute atomic E-state index is 15.1. The first-order valence-corrected chi connectivity index (χ1v) is 15.7. The first-order chi connectivity index (χ1) is 22.2. The fraction of sp³-hybridized carbons (Fsp3) is 0.267. The molecule has 0 aliphatic heterocycles. The van der Waals surface area contributed by atoms with Crippen LogP contribution in [0.5, 0.6) is 0 Å². The maximum atomic E-state index is 15.1. The summed E-state index contributed by atoms with van der Waals surface area (Å²) in [5.41, 5.74) is 0.0428. The first kappa shape index (κ1) is 30.9. The summed E-state index contributed by atoms with van der Waals surface area (Å²) in [5, 5.41) is 18.3. The number of hydrogen-bond donors (Lipinski definition) is 3. The summed E-state index contributed by atoms with van der Waals surface area (Å²) in [6.07, 6.45) is -1.95. The van der Waals surface area contributed by atoms with Gasteiger partial charge in [-0.25, -0.2) is 36.1 Å². The molecule has 2 aromatic carbocycles. The number of benzene rings is 2. The third-order valence-corrected chi connectivity index (χ3v) is 9.36. The van der Waals surface area contributed by atoms with Crippen molar-refractivity contribution in [1.82, 2.24) is 30.3 Å². The molecule has 2 aliphatic rings. The first-order valence-electron chi connectivity index (χ1n) is 14.2. The summed E-state index contributed by atoms with van der Waals surface area (Å²) in [6, 6.07) is 8.57. The number of alkyl halides is 4. The summed E-state index contributed by atoms with van der Waals surface area (Å²) < 4.78 is 111. The van der Waals surface area contributed by atoms with Gasteiger partial charge >= 0.3 is 0 Å². The Hall–Kier alpha value is -4.77. The summed E-state index contributed by atoms with van der Waals surface area (Å²) >= 11 is 0. The number of pyridine rings is 1. The van der Waals surface area contributed by atoms with Crippen LogP contribution in [-0.2, 0) is 33.7 Å². The topological polar surface area (TPSA) is 149 Å². The van der Waals surface area contributed by atoms with Crippen LogP contribution >= 0.6 is 0 Å². The van der Waals surface area contributed by atoms with Gasteiger partial charge in [0.2, 0.25) is 15.9 Å². The Morgan fingerprint density at radius 3 is 2.45 bits per heavy atom. The number of carbonyl (C=O) groups excluding carboxylic acids is 1. The van der Waals surface area contributed by atoms with Gasteiger partial charge in [-0.2, -0.15) is 19.0 Å². The maximum Gasteiger partial charge on any atom is 0.293 e. The smallest absolute Gasteiger partial charge is 0.293 e. The van der Waals surface area contributed by atoms with E-state index in [2.05, 4.69) is 25.6 Å². The number of nitrogens with one attached hydrogen (secondary N) is 2. The highest BCUT2D eigenvalue weighted by Gasteiger charge is 2.67. The average molecular weight is 676 g/mol. The second-order valence-electron chi connectivity index (χ2n) is 11.6. The molecule has 7 rings (SSSR count). The van der Waals surface area contributed by atoms with Crippen LogP contribution in [0, 0.1) is 17.6 Å². The molecule has 0 radical (unpaired) electrons. The lowest BCUT2D eigenvalue weighted by atomic mass is 9.95. The fourth-order valence-electron chi connectivity index (χ4n) is 6.35. The molecule has 0 saturated heterocycles. The molecule has 47 heavy (non-hydrogen) atoms. The van der Waals surface area contributed by atoms with Gasteiger partial charge in [-0.3, -0.25) is 14.6 Å². The zero-order valence-corrected chi connectivity index (χ0v) is 24.7. The molecule has 17 heteroatoms. The normalized spacial score (nSPS) is 18.7. The summed E-state index contributed by atoms with van der Waals surface area (Å²) in [6.45, 7) is -0.857. The third kappa shape index (κ3) is 5.52. The zero-order valence-electron chi connectivity index (χ0n) is 23.9. The van der Waals surface area contributed by atoms with Crippen molar-refractivity contribution in [3.05, 3.63) is 94.6 Å². The fourth-order valence-corrected chi connectivity index (χ4v) is 6.86. The van der Waals surface area contributed by atoms with Crippen molar-refractivity contribution < 1.29 is 39.6 Å². The Labute approximate surface area is 262 Å². The molecule has 0 spiro atoms. The Bertz CT molecular complexity index is 2150.